The molecule has 1 atom stereocenters. The Bertz CT molecular complexity index is 1270. The summed E-state index contributed by atoms with van der Waals surface area (Å²) in [5.74, 6) is -0.349. The van der Waals surface area contributed by atoms with E-state index in [1.165, 1.54) is 4.90 Å². The average Bonchev–Trinajstić information content (AvgIpc) is 3.37. The average molecular weight is 573 g/mol. The number of anilines is 1. The van der Waals surface area contributed by atoms with Crippen molar-refractivity contribution in [2.45, 2.75) is 58.4 Å². The highest BCUT2D eigenvalue weighted by Gasteiger charge is 2.57. The first kappa shape index (κ1) is 26.3. The van der Waals surface area contributed by atoms with Crippen molar-refractivity contribution in [3.05, 3.63) is 58.4 Å². The lowest BCUT2D eigenvalue weighted by molar-refractivity contribution is -0.127. The number of halogens is 1. The molecule has 4 rings (SSSR count). The molecule has 0 bridgehead atoms. The molecule has 36 heavy (non-hydrogen) atoms. The van der Waals surface area contributed by atoms with Crippen molar-refractivity contribution in [3.63, 3.8) is 0 Å². The van der Waals surface area contributed by atoms with Gasteiger partial charge in [0.05, 0.1) is 12.3 Å². The van der Waals surface area contributed by atoms with E-state index in [9.17, 15) is 9.59 Å². The topological polar surface area (TPSA) is 80.8 Å². The molecule has 1 N–H and O–H groups in total. The van der Waals surface area contributed by atoms with Crippen LogP contribution in [0, 0.1) is 0 Å². The van der Waals surface area contributed by atoms with Crippen LogP contribution in [0.2, 0.25) is 0 Å². The normalized spacial score (nSPS) is 19.2. The standard InChI is InChI=1S/C27H30BrN3O4S/c1-25(2,3)35-24(33)31-26(4,5)34-16-27(31,6)23(32)29-20-13-9-17(10-14-20)21-15-36-22(30-21)18-7-11-19(28)12-8-18/h7-15H,16H2,1-6H3,(H,29,32)/t27-/m0/s1. The van der Waals surface area contributed by atoms with E-state index in [4.69, 9.17) is 14.5 Å². The first-order valence-electron chi connectivity index (χ1n) is 11.6. The lowest BCUT2D eigenvalue weighted by Gasteiger charge is -2.39. The van der Waals surface area contributed by atoms with Crippen molar-refractivity contribution in [2.75, 3.05) is 11.9 Å². The van der Waals surface area contributed by atoms with E-state index < -0.39 is 23.0 Å². The molecule has 0 saturated carbocycles. The van der Waals surface area contributed by atoms with Gasteiger partial charge in [0.15, 0.2) is 0 Å². The summed E-state index contributed by atoms with van der Waals surface area (Å²) in [6.07, 6.45) is -0.594. The van der Waals surface area contributed by atoms with E-state index in [0.717, 1.165) is 26.3 Å². The summed E-state index contributed by atoms with van der Waals surface area (Å²) >= 11 is 5.04. The maximum absolute atomic E-state index is 13.4. The number of amides is 2. The van der Waals surface area contributed by atoms with Crippen LogP contribution in [0.3, 0.4) is 0 Å². The van der Waals surface area contributed by atoms with E-state index in [1.807, 2.05) is 53.9 Å². The Morgan fingerprint density at radius 2 is 1.67 bits per heavy atom. The van der Waals surface area contributed by atoms with Gasteiger partial charge in [0.25, 0.3) is 5.91 Å². The van der Waals surface area contributed by atoms with Crippen molar-refractivity contribution in [1.29, 1.82) is 0 Å². The van der Waals surface area contributed by atoms with E-state index in [-0.39, 0.29) is 12.5 Å². The largest absolute Gasteiger partial charge is 0.444 e. The van der Waals surface area contributed by atoms with Crippen LogP contribution in [0.25, 0.3) is 21.8 Å². The zero-order valence-electron chi connectivity index (χ0n) is 21.2. The van der Waals surface area contributed by atoms with Gasteiger partial charge in [-0.3, -0.25) is 9.69 Å². The third-order valence-electron chi connectivity index (χ3n) is 5.84. The highest BCUT2D eigenvalue weighted by atomic mass is 79.9. The molecule has 3 aromatic rings. The van der Waals surface area contributed by atoms with Crippen molar-refractivity contribution >= 4 is 45.0 Å². The first-order valence-corrected chi connectivity index (χ1v) is 13.3. The predicted molar refractivity (Wildman–Crippen MR) is 146 cm³/mol. The first-order chi connectivity index (χ1) is 16.8. The van der Waals surface area contributed by atoms with Crippen LogP contribution in [-0.4, -0.2) is 45.4 Å². The van der Waals surface area contributed by atoms with Gasteiger partial charge in [0.1, 0.15) is 21.9 Å². The van der Waals surface area contributed by atoms with E-state index in [1.54, 1.807) is 52.9 Å². The molecule has 0 radical (unpaired) electrons. The quantitative estimate of drug-likeness (QED) is 0.366. The molecule has 1 fully saturated rings. The number of carbonyl (C=O) groups is 2. The summed E-state index contributed by atoms with van der Waals surface area (Å²) < 4.78 is 12.4. The number of thiazole rings is 1. The molecule has 7 nitrogen and oxygen atoms in total. The number of rotatable bonds is 4. The number of nitrogens with zero attached hydrogens (tertiary/aromatic N) is 2. The second-order valence-corrected chi connectivity index (χ2v) is 12.2. The number of aromatic nitrogens is 1. The smallest absolute Gasteiger partial charge is 0.413 e. The van der Waals surface area contributed by atoms with Crippen LogP contribution >= 0.6 is 27.3 Å². The van der Waals surface area contributed by atoms with Gasteiger partial charge in [-0.25, -0.2) is 9.78 Å². The predicted octanol–water partition coefficient (Wildman–Crippen LogP) is 6.94. The Morgan fingerprint density at radius 3 is 2.28 bits per heavy atom. The highest BCUT2D eigenvalue weighted by Crippen LogP contribution is 2.37. The molecule has 9 heteroatoms. The van der Waals surface area contributed by atoms with Crippen LogP contribution in [0.15, 0.2) is 58.4 Å². The lowest BCUT2D eigenvalue weighted by atomic mass is 9.99. The molecule has 190 valence electrons. The van der Waals surface area contributed by atoms with Gasteiger partial charge < -0.3 is 14.8 Å². The monoisotopic (exact) mass is 571 g/mol. The molecule has 1 aliphatic heterocycles. The molecule has 0 aliphatic carbocycles. The molecule has 1 aromatic heterocycles. The zero-order chi connectivity index (χ0) is 26.3. The lowest BCUT2D eigenvalue weighted by Crippen LogP contribution is -2.60. The number of nitrogens with one attached hydrogen (secondary N) is 1. The molecular formula is C27H30BrN3O4S. The van der Waals surface area contributed by atoms with E-state index in [0.29, 0.717) is 5.69 Å². The molecule has 1 aliphatic rings. The molecule has 0 unspecified atom stereocenters. The van der Waals surface area contributed by atoms with Gasteiger partial charge in [-0.15, -0.1) is 11.3 Å². The summed E-state index contributed by atoms with van der Waals surface area (Å²) in [5.41, 5.74) is 0.555. The van der Waals surface area contributed by atoms with Crippen LogP contribution in [0.1, 0.15) is 41.5 Å². The van der Waals surface area contributed by atoms with Crippen LogP contribution in [0.4, 0.5) is 10.5 Å². The van der Waals surface area contributed by atoms with Crippen molar-refractivity contribution in [3.8, 4) is 21.8 Å². The maximum Gasteiger partial charge on any atom is 0.413 e. The Labute approximate surface area is 224 Å². The van der Waals surface area contributed by atoms with Crippen LogP contribution in [0.5, 0.6) is 0 Å². The number of carbonyl (C=O) groups excluding carboxylic acids is 2. The SMILES string of the molecule is CC(C)(C)OC(=O)N1C(C)(C)OC[C@@]1(C)C(=O)Nc1ccc(-c2csc(-c3ccc(Br)cc3)n2)cc1. The van der Waals surface area contributed by atoms with Crippen molar-refractivity contribution in [2.24, 2.45) is 0 Å². The molecular weight excluding hydrogens is 542 g/mol. The fourth-order valence-corrected chi connectivity index (χ4v) is 5.16. The minimum absolute atomic E-state index is 0.0564. The van der Waals surface area contributed by atoms with Gasteiger partial charge in [-0.1, -0.05) is 40.2 Å². The van der Waals surface area contributed by atoms with Gasteiger partial charge in [-0.2, -0.15) is 0 Å². The zero-order valence-corrected chi connectivity index (χ0v) is 23.6. The van der Waals surface area contributed by atoms with Crippen LogP contribution in [-0.2, 0) is 14.3 Å². The molecule has 2 aromatic carbocycles. The summed E-state index contributed by atoms with van der Waals surface area (Å²) in [5, 5.41) is 5.89. The van der Waals surface area contributed by atoms with Gasteiger partial charge in [0, 0.05) is 26.7 Å². The molecule has 2 amide bonds. The number of ether oxygens (including phenoxy) is 2. The third-order valence-corrected chi connectivity index (χ3v) is 7.26. The minimum Gasteiger partial charge on any atom is -0.444 e. The summed E-state index contributed by atoms with van der Waals surface area (Å²) in [6.45, 7) is 10.6. The van der Waals surface area contributed by atoms with E-state index >= 15 is 0 Å². The minimum atomic E-state index is -1.24. The second kappa shape index (κ2) is 9.61. The molecule has 1 saturated heterocycles. The Hall–Kier alpha value is -2.75. The molecule has 0 spiro atoms. The van der Waals surface area contributed by atoms with Gasteiger partial charge >= 0.3 is 6.09 Å². The van der Waals surface area contributed by atoms with Gasteiger partial charge in [0.2, 0.25) is 0 Å². The van der Waals surface area contributed by atoms with Crippen LogP contribution < -0.4 is 5.32 Å². The van der Waals surface area contributed by atoms with E-state index in [2.05, 4.69) is 21.2 Å². The Kier molecular flexibility index (Phi) is 7.02. The molecule has 2 heterocycles. The fraction of sp³-hybridized carbons (Fsp3) is 0.370. The number of hydrogen-bond donors (Lipinski definition) is 1. The van der Waals surface area contributed by atoms with Gasteiger partial charge in [-0.05, 0) is 65.8 Å². The number of benzene rings is 2. The summed E-state index contributed by atoms with van der Waals surface area (Å²) in [4.78, 5) is 32.5. The Morgan fingerprint density at radius 1 is 1.06 bits per heavy atom. The summed E-state index contributed by atoms with van der Waals surface area (Å²) in [6, 6.07) is 15.5. The highest BCUT2D eigenvalue weighted by molar-refractivity contribution is 9.10. The number of hydrogen-bond acceptors (Lipinski definition) is 6. The third kappa shape index (κ3) is 5.48. The summed E-state index contributed by atoms with van der Waals surface area (Å²) in [7, 11) is 0. The fourth-order valence-electron chi connectivity index (χ4n) is 4.06. The maximum atomic E-state index is 13.4. The van der Waals surface area contributed by atoms with Crippen molar-refractivity contribution in [1.82, 2.24) is 9.88 Å². The second-order valence-electron chi connectivity index (χ2n) is 10.4. The van der Waals surface area contributed by atoms with Crippen molar-refractivity contribution < 1.29 is 19.1 Å². The Balaban J connectivity index is 1.49.